The fourth-order valence-electron chi connectivity index (χ4n) is 3.61. The van der Waals surface area contributed by atoms with Crippen LogP contribution in [0.2, 0.25) is 5.02 Å². The van der Waals surface area contributed by atoms with Crippen molar-refractivity contribution in [3.8, 4) is 11.5 Å². The molecule has 14 heteroatoms. The molecule has 1 heterocycles. The summed E-state index contributed by atoms with van der Waals surface area (Å²) in [7, 11) is -4.46. The van der Waals surface area contributed by atoms with Gasteiger partial charge < -0.3 is 14.6 Å². The Morgan fingerprint density at radius 2 is 2.03 bits per heavy atom. The number of carbonyl (C=O) groups excluding carboxylic acids is 1. The number of Topliss-reactive ketones (excluding diaryl/α,β-unsaturated/α-hetero) is 1. The Bertz CT molecular complexity index is 1250. The number of fused-ring (bicyclic) bond motifs is 1. The highest BCUT2D eigenvalue weighted by Crippen LogP contribution is 2.43. The van der Waals surface area contributed by atoms with E-state index < -0.39 is 52.4 Å². The summed E-state index contributed by atoms with van der Waals surface area (Å²) in [5.41, 5.74) is -0.886. The number of aliphatic carboxylic acids is 1. The fraction of sp³-hybridized carbons (Fsp3) is 0.333. The van der Waals surface area contributed by atoms with E-state index in [-0.39, 0.29) is 40.6 Å². The van der Waals surface area contributed by atoms with Crippen LogP contribution < -0.4 is 14.6 Å². The number of hydrogen-bond donors (Lipinski definition) is 2. The quantitative estimate of drug-likeness (QED) is 0.527. The van der Waals surface area contributed by atoms with Gasteiger partial charge in [-0.15, -0.1) is 0 Å². The van der Waals surface area contributed by atoms with Crippen molar-refractivity contribution in [2.24, 2.45) is 5.14 Å². The van der Waals surface area contributed by atoms with Gasteiger partial charge in [0.1, 0.15) is 24.2 Å². The molecule has 1 aliphatic heterocycles. The van der Waals surface area contributed by atoms with Crippen molar-refractivity contribution in [2.45, 2.75) is 31.7 Å². The van der Waals surface area contributed by atoms with Crippen molar-refractivity contribution in [3.05, 3.63) is 58.1 Å². The molecule has 0 spiro atoms. The number of nitrogens with zero attached hydrogens (tertiary/aromatic N) is 1. The minimum absolute atomic E-state index is 0.0136. The van der Waals surface area contributed by atoms with Crippen molar-refractivity contribution in [2.75, 3.05) is 13.2 Å². The number of carboxylic acids is 1. The van der Waals surface area contributed by atoms with Crippen molar-refractivity contribution in [1.29, 1.82) is 0 Å². The zero-order valence-electron chi connectivity index (χ0n) is 18.1. The zero-order chi connectivity index (χ0) is 26.1. The predicted octanol–water partition coefficient (Wildman–Crippen LogP) is 3.42. The number of hydrogen-bond acceptors (Lipinski definition) is 6. The van der Waals surface area contributed by atoms with E-state index in [4.69, 9.17) is 26.2 Å². The summed E-state index contributed by atoms with van der Waals surface area (Å²) in [6, 6.07) is 5.12. The number of nitrogens with two attached hydrogens (primary N) is 1. The number of para-hydroxylation sites is 1. The average Bonchev–Trinajstić information content (AvgIpc) is 2.75. The largest absolute Gasteiger partial charge is 0.491 e. The maximum atomic E-state index is 13.4. The van der Waals surface area contributed by atoms with E-state index >= 15 is 0 Å². The molecular formula is C21H20ClF3N2O7S. The molecule has 2 aromatic rings. The number of ether oxygens (including phenoxy) is 2. The molecule has 1 aliphatic rings. The molecular weight excluding hydrogens is 517 g/mol. The zero-order valence-corrected chi connectivity index (χ0v) is 19.7. The lowest BCUT2D eigenvalue weighted by atomic mass is 9.95. The van der Waals surface area contributed by atoms with Gasteiger partial charge in [-0.1, -0.05) is 30.7 Å². The Labute approximate surface area is 203 Å². The van der Waals surface area contributed by atoms with Crippen LogP contribution in [0.25, 0.3) is 0 Å². The first-order chi connectivity index (χ1) is 16.2. The second kappa shape index (κ2) is 10.0. The maximum absolute atomic E-state index is 13.4. The van der Waals surface area contributed by atoms with E-state index in [1.165, 1.54) is 19.1 Å². The summed E-state index contributed by atoms with van der Waals surface area (Å²) in [5.74, 6) is -2.39. The first-order valence-electron chi connectivity index (χ1n) is 10.1. The monoisotopic (exact) mass is 536 g/mol. The normalized spacial score (nSPS) is 17.0. The molecule has 0 aliphatic carbocycles. The Balaban J connectivity index is 2.01. The first kappa shape index (κ1) is 26.7. The molecule has 0 radical (unpaired) electrons. The van der Waals surface area contributed by atoms with Gasteiger partial charge in [0, 0.05) is 12.1 Å². The number of carboxylic acid groups (broad SMARTS) is 1. The molecule has 2 atom stereocenters. The molecule has 0 unspecified atom stereocenters. The Kier molecular flexibility index (Phi) is 7.65. The van der Waals surface area contributed by atoms with Crippen molar-refractivity contribution >= 4 is 33.6 Å². The molecule has 0 saturated carbocycles. The van der Waals surface area contributed by atoms with E-state index in [0.29, 0.717) is 10.4 Å². The number of likely N-dealkylation sites (N-methyl/N-ethyl adjacent to an activating group) is 1. The van der Waals surface area contributed by atoms with E-state index in [2.05, 4.69) is 0 Å². The summed E-state index contributed by atoms with van der Waals surface area (Å²) in [4.78, 5) is 24.3. The third-order valence-corrected chi connectivity index (χ3v) is 6.72. The highest BCUT2D eigenvalue weighted by Gasteiger charge is 2.36. The van der Waals surface area contributed by atoms with Crippen LogP contribution in [0, 0.1) is 0 Å². The smallest absolute Gasteiger partial charge is 0.416 e. The topological polar surface area (TPSA) is 136 Å². The summed E-state index contributed by atoms with van der Waals surface area (Å²) >= 11 is 6.12. The molecule has 0 saturated heterocycles. The van der Waals surface area contributed by atoms with Gasteiger partial charge in [-0.25, -0.2) is 5.14 Å². The van der Waals surface area contributed by atoms with Crippen LogP contribution in [-0.4, -0.2) is 48.8 Å². The number of carbonyl (C=O) groups is 2. The molecule has 9 nitrogen and oxygen atoms in total. The van der Waals surface area contributed by atoms with Gasteiger partial charge in [0.25, 0.3) is 10.2 Å². The highest BCUT2D eigenvalue weighted by atomic mass is 35.5. The Morgan fingerprint density at radius 1 is 1.34 bits per heavy atom. The van der Waals surface area contributed by atoms with Crippen LogP contribution in [0.4, 0.5) is 13.2 Å². The van der Waals surface area contributed by atoms with Crippen molar-refractivity contribution in [3.63, 3.8) is 0 Å². The standard InChI is InChI=1S/C21H20ClF3N2O7S/c1-2-27(35(26,31)32)15(20(29)30)10-33-17-8-11(21(23,24)25)6-7-13(17)18-9-16(28)12-4-3-5-14(22)19(12)34-18/h3-8,15,18H,2,9-10H2,1H3,(H,29,30)(H2,26,31,32)/t15-,18-/m1/s1. The number of benzene rings is 2. The lowest BCUT2D eigenvalue weighted by Gasteiger charge is -2.29. The highest BCUT2D eigenvalue weighted by molar-refractivity contribution is 7.86. The maximum Gasteiger partial charge on any atom is 0.416 e. The Hall–Kier alpha value is -2.87. The number of ketones is 1. The van der Waals surface area contributed by atoms with Crippen LogP contribution in [0.3, 0.4) is 0 Å². The van der Waals surface area contributed by atoms with Gasteiger partial charge in [-0.3, -0.25) is 9.59 Å². The van der Waals surface area contributed by atoms with Gasteiger partial charge in [-0.05, 0) is 24.3 Å². The summed E-state index contributed by atoms with van der Waals surface area (Å²) in [6.45, 7) is 0.134. The van der Waals surface area contributed by atoms with E-state index in [1.807, 2.05) is 0 Å². The van der Waals surface area contributed by atoms with Crippen LogP contribution in [-0.2, 0) is 21.2 Å². The lowest BCUT2D eigenvalue weighted by molar-refractivity contribution is -0.142. The summed E-state index contributed by atoms with van der Waals surface area (Å²) < 4.78 is 75.3. The van der Waals surface area contributed by atoms with Gasteiger partial charge in [0.05, 0.1) is 22.6 Å². The first-order valence-corrected chi connectivity index (χ1v) is 12.0. The lowest BCUT2D eigenvalue weighted by Crippen LogP contribution is -2.50. The second-order valence-corrected chi connectivity index (χ2v) is 9.42. The van der Waals surface area contributed by atoms with Crippen molar-refractivity contribution < 1.29 is 45.8 Å². The number of halogens is 4. The van der Waals surface area contributed by atoms with E-state index in [0.717, 1.165) is 12.1 Å². The van der Waals surface area contributed by atoms with Crippen molar-refractivity contribution in [1.82, 2.24) is 4.31 Å². The predicted molar refractivity (Wildman–Crippen MR) is 118 cm³/mol. The molecule has 190 valence electrons. The third kappa shape index (κ3) is 5.86. The minimum atomic E-state index is -4.77. The van der Waals surface area contributed by atoms with Crippen LogP contribution in [0.5, 0.6) is 11.5 Å². The Morgan fingerprint density at radius 3 is 2.60 bits per heavy atom. The van der Waals surface area contributed by atoms with Gasteiger partial charge in [0.15, 0.2) is 11.8 Å². The minimum Gasteiger partial charge on any atom is -0.491 e. The van der Waals surface area contributed by atoms with Crippen LogP contribution in [0.15, 0.2) is 36.4 Å². The van der Waals surface area contributed by atoms with Gasteiger partial charge >= 0.3 is 12.1 Å². The molecule has 2 aromatic carbocycles. The molecule has 3 N–H and O–H groups in total. The molecule has 35 heavy (non-hydrogen) atoms. The summed E-state index contributed by atoms with van der Waals surface area (Å²) in [6.07, 6.45) is -6.12. The average molecular weight is 537 g/mol. The van der Waals surface area contributed by atoms with Gasteiger partial charge in [0.2, 0.25) is 0 Å². The number of rotatable bonds is 8. The number of alkyl halides is 3. The fourth-order valence-corrected chi connectivity index (χ4v) is 4.69. The van der Waals surface area contributed by atoms with E-state index in [9.17, 15) is 36.3 Å². The van der Waals surface area contributed by atoms with Crippen LogP contribution >= 0.6 is 11.6 Å². The van der Waals surface area contributed by atoms with Crippen LogP contribution in [0.1, 0.15) is 40.9 Å². The summed E-state index contributed by atoms with van der Waals surface area (Å²) in [5, 5.41) is 14.7. The second-order valence-electron chi connectivity index (χ2n) is 7.51. The SMILES string of the molecule is CCN([C@H](COc1cc(C(F)(F)F)ccc1[C@H]1CC(=O)c2cccc(Cl)c2O1)C(=O)O)S(N)(=O)=O. The molecule has 3 rings (SSSR count). The molecule has 0 aromatic heterocycles. The van der Waals surface area contributed by atoms with Gasteiger partial charge in [-0.2, -0.15) is 25.9 Å². The third-order valence-electron chi connectivity index (χ3n) is 5.25. The van der Waals surface area contributed by atoms with E-state index in [1.54, 1.807) is 6.07 Å². The molecule has 0 fully saturated rings. The molecule has 0 bridgehead atoms. The molecule has 0 amide bonds.